The third-order valence-corrected chi connectivity index (χ3v) is 5.27. The van der Waals surface area contributed by atoms with Crippen molar-refractivity contribution in [2.24, 2.45) is 5.73 Å². The number of hydrogen-bond donors (Lipinski definition) is 2. The monoisotopic (exact) mass is 402 g/mol. The van der Waals surface area contributed by atoms with E-state index < -0.39 is 11.4 Å². The van der Waals surface area contributed by atoms with Crippen LogP contribution in [0.4, 0.5) is 10.5 Å². The Kier molecular flexibility index (Phi) is 5.47. The molecule has 0 atom stereocenters. The zero-order valence-corrected chi connectivity index (χ0v) is 16.8. The normalized spacial score (nSPS) is 15.1. The Morgan fingerprint density at radius 1 is 1.32 bits per heavy atom. The number of amides is 3. The summed E-state index contributed by atoms with van der Waals surface area (Å²) in [6.07, 6.45) is 1.45. The van der Waals surface area contributed by atoms with Gasteiger partial charge in [-0.15, -0.1) is 0 Å². The van der Waals surface area contributed by atoms with Crippen molar-refractivity contribution in [3.63, 3.8) is 0 Å². The first-order valence-electron chi connectivity index (χ1n) is 8.93. The number of benzene rings is 1. The van der Waals surface area contributed by atoms with Gasteiger partial charge in [0.25, 0.3) is 0 Å². The predicted octanol–water partition coefficient (Wildman–Crippen LogP) is 3.14. The van der Waals surface area contributed by atoms with Crippen LogP contribution in [-0.2, 0) is 10.2 Å². The molecule has 8 heteroatoms. The lowest BCUT2D eigenvalue weighted by Crippen LogP contribution is -2.67. The SMILES string of the molecule is COc1cc(Cl)ncc1NC(=O)C1(c2ccccc2C(C)C)CN(C(N)=O)C1. The van der Waals surface area contributed by atoms with Gasteiger partial charge in [0.2, 0.25) is 5.91 Å². The van der Waals surface area contributed by atoms with Crippen molar-refractivity contribution >= 4 is 29.2 Å². The number of anilines is 1. The summed E-state index contributed by atoms with van der Waals surface area (Å²) in [5.74, 6) is 0.377. The first-order valence-corrected chi connectivity index (χ1v) is 9.31. The second kappa shape index (κ2) is 7.67. The highest BCUT2D eigenvalue weighted by atomic mass is 35.5. The Morgan fingerprint density at radius 3 is 2.61 bits per heavy atom. The number of hydrogen-bond acceptors (Lipinski definition) is 4. The Hall–Kier alpha value is -2.80. The van der Waals surface area contributed by atoms with Crippen molar-refractivity contribution in [3.05, 3.63) is 52.8 Å². The number of nitrogens with zero attached hydrogens (tertiary/aromatic N) is 2. The number of nitrogens with one attached hydrogen (secondary N) is 1. The number of urea groups is 1. The largest absolute Gasteiger partial charge is 0.494 e. The Bertz CT molecular complexity index is 910. The highest BCUT2D eigenvalue weighted by Gasteiger charge is 2.53. The van der Waals surface area contributed by atoms with Gasteiger partial charge in [-0.05, 0) is 17.0 Å². The van der Waals surface area contributed by atoms with Crippen molar-refractivity contribution in [3.8, 4) is 5.75 Å². The number of aromatic nitrogens is 1. The maximum absolute atomic E-state index is 13.4. The van der Waals surface area contributed by atoms with Crippen LogP contribution in [0.2, 0.25) is 5.15 Å². The molecule has 0 aliphatic carbocycles. The number of methoxy groups -OCH3 is 1. The van der Waals surface area contributed by atoms with E-state index in [-0.39, 0.29) is 30.1 Å². The first-order chi connectivity index (χ1) is 13.3. The van der Waals surface area contributed by atoms with Gasteiger partial charge in [0.15, 0.2) is 0 Å². The van der Waals surface area contributed by atoms with Gasteiger partial charge < -0.3 is 20.7 Å². The second-order valence-electron chi connectivity index (χ2n) is 7.18. The van der Waals surface area contributed by atoms with E-state index in [1.54, 1.807) is 0 Å². The summed E-state index contributed by atoms with van der Waals surface area (Å²) in [7, 11) is 1.49. The van der Waals surface area contributed by atoms with E-state index in [2.05, 4.69) is 24.1 Å². The molecular weight excluding hydrogens is 380 g/mol. The molecule has 1 saturated heterocycles. The third kappa shape index (κ3) is 3.49. The van der Waals surface area contributed by atoms with Crippen LogP contribution in [0.3, 0.4) is 0 Å². The average molecular weight is 403 g/mol. The van der Waals surface area contributed by atoms with E-state index in [1.807, 2.05) is 24.3 Å². The predicted molar refractivity (Wildman–Crippen MR) is 108 cm³/mol. The summed E-state index contributed by atoms with van der Waals surface area (Å²) in [5.41, 5.74) is 6.88. The van der Waals surface area contributed by atoms with E-state index in [1.165, 1.54) is 24.3 Å². The van der Waals surface area contributed by atoms with Crippen LogP contribution in [0.25, 0.3) is 0 Å². The van der Waals surface area contributed by atoms with Crippen LogP contribution in [0, 0.1) is 0 Å². The molecule has 28 heavy (non-hydrogen) atoms. The van der Waals surface area contributed by atoms with E-state index in [9.17, 15) is 9.59 Å². The molecule has 2 heterocycles. The fourth-order valence-electron chi connectivity index (χ4n) is 3.55. The molecular formula is C20H23ClN4O3. The molecule has 1 fully saturated rings. The molecule has 3 N–H and O–H groups in total. The molecule has 0 spiro atoms. The van der Waals surface area contributed by atoms with Crippen LogP contribution in [0.15, 0.2) is 36.5 Å². The average Bonchev–Trinajstić information content (AvgIpc) is 2.62. The molecule has 1 aliphatic heterocycles. The van der Waals surface area contributed by atoms with Gasteiger partial charge in [0, 0.05) is 19.2 Å². The second-order valence-corrected chi connectivity index (χ2v) is 7.57. The summed E-state index contributed by atoms with van der Waals surface area (Å²) in [6.45, 7) is 4.56. The van der Waals surface area contributed by atoms with Crippen LogP contribution >= 0.6 is 11.6 Å². The molecule has 3 rings (SSSR count). The van der Waals surface area contributed by atoms with Gasteiger partial charge in [-0.25, -0.2) is 9.78 Å². The number of ether oxygens (including phenoxy) is 1. The van der Waals surface area contributed by atoms with Crippen LogP contribution < -0.4 is 15.8 Å². The molecule has 3 amide bonds. The number of carbonyl (C=O) groups excluding carboxylic acids is 2. The summed E-state index contributed by atoms with van der Waals surface area (Å²) in [5, 5.41) is 3.15. The minimum atomic E-state index is -0.902. The molecule has 1 aromatic carbocycles. The van der Waals surface area contributed by atoms with E-state index in [0.717, 1.165) is 11.1 Å². The number of halogens is 1. The molecule has 0 radical (unpaired) electrons. The van der Waals surface area contributed by atoms with Crippen LogP contribution in [-0.4, -0.2) is 42.0 Å². The van der Waals surface area contributed by atoms with Gasteiger partial charge in [0.1, 0.15) is 22.0 Å². The molecule has 1 aliphatic rings. The highest BCUT2D eigenvalue weighted by Crippen LogP contribution is 2.40. The van der Waals surface area contributed by atoms with Crippen molar-refractivity contribution in [1.82, 2.24) is 9.88 Å². The smallest absolute Gasteiger partial charge is 0.314 e. The number of likely N-dealkylation sites (tertiary alicyclic amines) is 1. The molecule has 148 valence electrons. The molecule has 1 aromatic heterocycles. The Labute approximate surface area is 168 Å². The van der Waals surface area contributed by atoms with Gasteiger partial charge in [-0.3, -0.25) is 4.79 Å². The molecule has 2 aromatic rings. The summed E-state index contributed by atoms with van der Waals surface area (Å²) in [4.78, 5) is 30.5. The Morgan fingerprint density at radius 2 is 2.00 bits per heavy atom. The lowest BCUT2D eigenvalue weighted by atomic mass is 9.70. The number of primary amides is 1. The maximum atomic E-state index is 13.4. The fourth-order valence-corrected chi connectivity index (χ4v) is 3.70. The zero-order valence-electron chi connectivity index (χ0n) is 16.0. The summed E-state index contributed by atoms with van der Waals surface area (Å²) in [6, 6.07) is 8.77. The van der Waals surface area contributed by atoms with Gasteiger partial charge >= 0.3 is 6.03 Å². The molecule has 0 bridgehead atoms. The van der Waals surface area contributed by atoms with Gasteiger partial charge in [-0.2, -0.15) is 0 Å². The quantitative estimate of drug-likeness (QED) is 0.750. The number of pyridine rings is 1. The van der Waals surface area contributed by atoms with Crippen molar-refractivity contribution in [2.75, 3.05) is 25.5 Å². The third-order valence-electron chi connectivity index (χ3n) is 5.07. The lowest BCUT2D eigenvalue weighted by molar-refractivity contribution is -0.126. The molecule has 7 nitrogen and oxygen atoms in total. The minimum Gasteiger partial charge on any atom is -0.494 e. The number of carbonyl (C=O) groups is 2. The van der Waals surface area contributed by atoms with E-state index >= 15 is 0 Å². The number of rotatable bonds is 5. The van der Waals surface area contributed by atoms with Gasteiger partial charge in [-0.1, -0.05) is 49.7 Å². The highest BCUT2D eigenvalue weighted by molar-refractivity contribution is 6.29. The topological polar surface area (TPSA) is 97.6 Å². The van der Waals surface area contributed by atoms with Crippen molar-refractivity contribution in [2.45, 2.75) is 25.2 Å². The zero-order chi connectivity index (χ0) is 20.5. The van der Waals surface area contributed by atoms with E-state index in [0.29, 0.717) is 11.4 Å². The van der Waals surface area contributed by atoms with Crippen LogP contribution in [0.5, 0.6) is 5.75 Å². The standard InChI is InChI=1S/C20H23ClN4O3/c1-12(2)13-6-4-5-7-14(13)20(10-25(11-20)19(22)27)18(26)24-15-9-23-17(21)8-16(15)28-3/h4-9,12H,10-11H2,1-3H3,(H2,22,27)(H,24,26). The lowest BCUT2D eigenvalue weighted by Gasteiger charge is -2.49. The summed E-state index contributed by atoms with van der Waals surface area (Å²) < 4.78 is 5.29. The number of nitrogens with two attached hydrogens (primary N) is 1. The van der Waals surface area contributed by atoms with Crippen molar-refractivity contribution in [1.29, 1.82) is 0 Å². The first kappa shape index (κ1) is 19.9. The van der Waals surface area contributed by atoms with Crippen molar-refractivity contribution < 1.29 is 14.3 Å². The minimum absolute atomic E-state index is 0.210. The van der Waals surface area contributed by atoms with E-state index in [4.69, 9.17) is 22.1 Å². The Balaban J connectivity index is 2.00. The maximum Gasteiger partial charge on any atom is 0.314 e. The fraction of sp³-hybridized carbons (Fsp3) is 0.350. The summed E-state index contributed by atoms with van der Waals surface area (Å²) >= 11 is 5.90. The molecule has 0 saturated carbocycles. The molecule has 0 unspecified atom stereocenters. The van der Waals surface area contributed by atoms with Gasteiger partial charge in [0.05, 0.1) is 13.3 Å². The van der Waals surface area contributed by atoms with Crippen LogP contribution in [0.1, 0.15) is 30.9 Å².